The van der Waals surface area contributed by atoms with E-state index in [0.29, 0.717) is 0 Å². The van der Waals surface area contributed by atoms with Gasteiger partial charge in [0.1, 0.15) is 0 Å². The third-order valence-corrected chi connectivity index (χ3v) is 0. The molecule has 0 aliphatic carbocycles. The van der Waals surface area contributed by atoms with E-state index in [2.05, 4.69) is 34.0 Å². The first-order valence-electron chi connectivity index (χ1n) is 0.670. The molecule has 1 atom stereocenters. The Bertz CT molecular complexity index is 100. The Morgan fingerprint density at radius 1 is 1.00 bits per heavy atom. The average molecular weight is 354 g/mol. The van der Waals surface area contributed by atoms with Crippen LogP contribution in [0.5, 0.6) is 0 Å². The minimum Gasteiger partial charge on any atom is -0.153 e. The van der Waals surface area contributed by atoms with E-state index in [1.54, 1.807) is 0 Å². The molecule has 0 saturated heterocycles. The molecule has 0 spiro atoms. The summed E-state index contributed by atoms with van der Waals surface area (Å²) in [7, 11) is 0. The molecular formula is C4H20IPS4. The van der Waals surface area contributed by atoms with E-state index in [9.17, 15) is 0 Å². The van der Waals surface area contributed by atoms with E-state index in [1.807, 2.05) is 21.2 Å². The van der Waals surface area contributed by atoms with Gasteiger partial charge in [-0.2, -0.15) is 9.90 Å². The Kier molecular flexibility index (Phi) is 68.9. The smallest absolute Gasteiger partial charge is 0.0163 e. The van der Waals surface area contributed by atoms with Crippen LogP contribution in [0.25, 0.3) is 0 Å². The minimum absolute atomic E-state index is 0. The lowest BCUT2D eigenvalue weighted by molar-refractivity contribution is 2.50. The number of halogens is 1. The van der Waals surface area contributed by atoms with Crippen molar-refractivity contribution in [1.29, 1.82) is 0 Å². The van der Waals surface area contributed by atoms with Gasteiger partial charge in [0.25, 0.3) is 0 Å². The number of rotatable bonds is 0. The lowest BCUT2D eigenvalue weighted by Gasteiger charge is -1.74. The fourth-order valence-corrected chi connectivity index (χ4v) is 0. The maximum atomic E-state index is 4.58. The van der Waals surface area contributed by atoms with Crippen LogP contribution in [0.15, 0.2) is 0 Å². The second kappa shape index (κ2) is 17.4. The standard InChI is InChI=1S/4CH4.HIS4.H3P/c;;;;1-5(2,3)4;/h4*1H4;(H,2,3,4);1H3. The molecular weight excluding hydrogens is 334 g/mol. The Labute approximate surface area is 97.2 Å². The SMILES string of the molecule is C.C.C.C.P.S=S(=S)(S)I. The van der Waals surface area contributed by atoms with Gasteiger partial charge in [-0.3, -0.25) is 0 Å². The molecule has 0 fully saturated rings. The first kappa shape index (κ1) is 39.6. The van der Waals surface area contributed by atoms with Crippen molar-refractivity contribution in [2.45, 2.75) is 29.7 Å². The first-order chi connectivity index (χ1) is 2.00. The van der Waals surface area contributed by atoms with Gasteiger partial charge < -0.3 is 0 Å². The van der Waals surface area contributed by atoms with Crippen molar-refractivity contribution < 1.29 is 0 Å². The van der Waals surface area contributed by atoms with Crippen molar-refractivity contribution in [2.24, 2.45) is 0 Å². The highest BCUT2D eigenvalue weighted by Gasteiger charge is 1.72. The van der Waals surface area contributed by atoms with Gasteiger partial charge in [0.15, 0.2) is 0 Å². The summed E-state index contributed by atoms with van der Waals surface area (Å²) in [5.41, 5.74) is 0. The van der Waals surface area contributed by atoms with Gasteiger partial charge in [-0.05, 0) is 22.4 Å². The largest absolute Gasteiger partial charge is 0.153 e. The third-order valence-electron chi connectivity index (χ3n) is 0. The summed E-state index contributed by atoms with van der Waals surface area (Å²) in [5, 5.41) is 0. The number of thiol groups is 1. The second-order valence-corrected chi connectivity index (χ2v) is 17.6. The van der Waals surface area contributed by atoms with E-state index in [-0.39, 0.29) is 39.6 Å². The van der Waals surface area contributed by atoms with Crippen LogP contribution in [0.3, 0.4) is 0 Å². The lowest BCUT2D eigenvalue weighted by atomic mass is 12.0. The zero-order valence-corrected chi connectivity index (χ0v) is 9.67. The van der Waals surface area contributed by atoms with Crippen LogP contribution in [0, 0.1) is 0 Å². The molecule has 0 aliphatic rings. The van der Waals surface area contributed by atoms with Crippen LogP contribution in [-0.2, 0) is 25.7 Å². The Hall–Kier alpha value is 2.30. The minimum atomic E-state index is -1.34. The molecule has 0 aromatic heterocycles. The van der Waals surface area contributed by atoms with Crippen LogP contribution in [0.1, 0.15) is 29.7 Å². The van der Waals surface area contributed by atoms with Crippen molar-refractivity contribution in [3.63, 3.8) is 0 Å². The van der Waals surface area contributed by atoms with Crippen LogP contribution >= 0.6 is 42.8 Å². The van der Waals surface area contributed by atoms with Crippen molar-refractivity contribution >= 4 is 68.5 Å². The predicted molar refractivity (Wildman–Crippen MR) is 83.1 cm³/mol. The Balaban J connectivity index is -0.00000000800. The molecule has 0 aromatic rings. The molecule has 0 bridgehead atoms. The fourth-order valence-electron chi connectivity index (χ4n) is 0. The monoisotopic (exact) mass is 354 g/mol. The number of hydrogen-bond acceptors (Lipinski definition) is 2. The van der Waals surface area contributed by atoms with Crippen molar-refractivity contribution in [1.82, 2.24) is 0 Å². The van der Waals surface area contributed by atoms with E-state index in [4.69, 9.17) is 0 Å². The highest BCUT2D eigenvalue weighted by atomic mass is 127. The lowest BCUT2D eigenvalue weighted by Crippen LogP contribution is -1.53. The number of hydrogen-bond donors (Lipinski definition) is 1. The first-order valence-corrected chi connectivity index (χ1v) is 7.75. The fraction of sp³-hybridized carbons (Fsp3) is 1.00. The highest BCUT2D eigenvalue weighted by molar-refractivity contribution is 14.2. The van der Waals surface area contributed by atoms with E-state index < -0.39 is 3.35 Å². The van der Waals surface area contributed by atoms with Gasteiger partial charge in [0, 0.05) is 24.6 Å². The maximum absolute atomic E-state index is 4.58. The molecule has 72 valence electrons. The van der Waals surface area contributed by atoms with E-state index in [1.165, 1.54) is 0 Å². The molecule has 1 unspecified atom stereocenters. The van der Waals surface area contributed by atoms with Crippen molar-refractivity contribution in [3.8, 4) is 0 Å². The van der Waals surface area contributed by atoms with Crippen molar-refractivity contribution in [2.75, 3.05) is 0 Å². The van der Waals surface area contributed by atoms with Crippen LogP contribution in [0.2, 0.25) is 0 Å². The molecule has 0 aromatic carbocycles. The molecule has 0 radical (unpaired) electrons. The van der Waals surface area contributed by atoms with Crippen molar-refractivity contribution in [3.05, 3.63) is 0 Å². The molecule has 0 saturated carbocycles. The van der Waals surface area contributed by atoms with Gasteiger partial charge in [-0.25, -0.2) is 0 Å². The van der Waals surface area contributed by atoms with Gasteiger partial charge in [-0.1, -0.05) is 41.4 Å². The summed E-state index contributed by atoms with van der Waals surface area (Å²) < 4.78 is -1.34. The summed E-state index contributed by atoms with van der Waals surface area (Å²) >= 11 is 14.9. The van der Waals surface area contributed by atoms with Crippen LogP contribution in [-0.4, -0.2) is 0 Å². The maximum Gasteiger partial charge on any atom is 0.0163 e. The Morgan fingerprint density at radius 3 is 1.00 bits per heavy atom. The molecule has 0 N–H and O–H groups in total. The predicted octanol–water partition coefficient (Wildman–Crippen LogP) is 3.86. The molecule has 10 heavy (non-hydrogen) atoms. The van der Waals surface area contributed by atoms with Gasteiger partial charge in [0.05, 0.1) is 0 Å². The summed E-state index contributed by atoms with van der Waals surface area (Å²) in [4.78, 5) is 0. The van der Waals surface area contributed by atoms with Gasteiger partial charge >= 0.3 is 0 Å². The normalized spacial score (nSPS) is 5.80. The quantitative estimate of drug-likeness (QED) is 0.231. The zero-order chi connectivity index (χ0) is 4.50. The summed E-state index contributed by atoms with van der Waals surface area (Å²) in [5.74, 6) is 0. The summed E-state index contributed by atoms with van der Waals surface area (Å²) in [6, 6.07) is 0. The molecule has 0 aliphatic heterocycles. The van der Waals surface area contributed by atoms with E-state index >= 15 is 0 Å². The molecule has 0 rings (SSSR count). The van der Waals surface area contributed by atoms with Gasteiger partial charge in [-0.15, -0.1) is 0 Å². The summed E-state index contributed by atoms with van der Waals surface area (Å²) in [6.07, 6.45) is 0. The molecule has 6 heteroatoms. The van der Waals surface area contributed by atoms with Crippen LogP contribution in [0.4, 0.5) is 0 Å². The second-order valence-electron chi connectivity index (χ2n) is 0.412. The van der Waals surface area contributed by atoms with Crippen LogP contribution < -0.4 is 0 Å². The Morgan fingerprint density at radius 2 is 1.00 bits per heavy atom. The van der Waals surface area contributed by atoms with E-state index in [0.717, 1.165) is 0 Å². The molecule has 0 heterocycles. The molecule has 0 amide bonds. The average Bonchev–Trinajstić information content (AvgIpc) is 0.722. The highest BCUT2D eigenvalue weighted by Crippen LogP contribution is 2.05. The summed E-state index contributed by atoms with van der Waals surface area (Å²) in [6.45, 7) is 0. The third kappa shape index (κ3) is 168. The topological polar surface area (TPSA) is 0 Å². The molecule has 0 nitrogen and oxygen atoms in total. The van der Waals surface area contributed by atoms with Gasteiger partial charge in [0.2, 0.25) is 0 Å². The zero-order valence-electron chi connectivity index (χ0n) is 2.76.